The number of hydrogen-bond donors (Lipinski definition) is 0. The summed E-state index contributed by atoms with van der Waals surface area (Å²) in [6.07, 6.45) is 22.1. The third kappa shape index (κ3) is 7.30. The largest absolute Gasteiger partial charge is 0.360 e. The molecule has 0 aromatic rings. The average Bonchev–Trinajstić information content (AvgIpc) is 2.68. The summed E-state index contributed by atoms with van der Waals surface area (Å²) in [6, 6.07) is 2.54. The van der Waals surface area contributed by atoms with Crippen LogP contribution in [0, 0.1) is 23.2 Å². The quantitative estimate of drug-likeness (QED) is 0.371. The van der Waals surface area contributed by atoms with E-state index in [4.69, 9.17) is 4.74 Å². The van der Waals surface area contributed by atoms with Crippen molar-refractivity contribution in [2.75, 3.05) is 6.61 Å². The monoisotopic (exact) mass is 347 g/mol. The maximum atomic E-state index is 9.69. The highest BCUT2D eigenvalue weighted by Crippen LogP contribution is 2.42. The summed E-state index contributed by atoms with van der Waals surface area (Å²) in [6.45, 7) is 3.06. The van der Waals surface area contributed by atoms with Crippen LogP contribution in [0.5, 0.6) is 0 Å². The molecular weight excluding hydrogens is 306 g/mol. The lowest BCUT2D eigenvalue weighted by Gasteiger charge is -2.39. The second kappa shape index (κ2) is 11.9. The first kappa shape index (κ1) is 20.8. The van der Waals surface area contributed by atoms with Gasteiger partial charge < -0.3 is 4.74 Å². The molecule has 0 N–H and O–H groups in total. The van der Waals surface area contributed by atoms with Crippen LogP contribution in [0.2, 0.25) is 0 Å². The maximum absolute atomic E-state index is 9.69. The summed E-state index contributed by atoms with van der Waals surface area (Å²) < 4.78 is 6.14. The lowest BCUT2D eigenvalue weighted by molar-refractivity contribution is -0.0448. The lowest BCUT2D eigenvalue weighted by Crippen LogP contribution is -2.38. The zero-order valence-electron chi connectivity index (χ0n) is 16.7. The molecule has 2 aliphatic rings. The fourth-order valence-corrected chi connectivity index (χ4v) is 4.98. The SMILES string of the molecule is CCCCCCCCCCO[C@]1(C#N)CC[C@@H](C2CCCCC2)CC1. The van der Waals surface area contributed by atoms with Crippen LogP contribution in [0.1, 0.15) is 116 Å². The third-order valence-electron chi connectivity index (χ3n) is 6.73. The summed E-state index contributed by atoms with van der Waals surface area (Å²) in [4.78, 5) is 0. The Bertz CT molecular complexity index is 372. The molecule has 2 saturated carbocycles. The van der Waals surface area contributed by atoms with E-state index in [1.165, 1.54) is 89.9 Å². The molecule has 2 fully saturated rings. The van der Waals surface area contributed by atoms with Gasteiger partial charge in [-0.05, 0) is 43.9 Å². The number of hydrogen-bond acceptors (Lipinski definition) is 2. The number of rotatable bonds is 11. The molecule has 2 nitrogen and oxygen atoms in total. The Hall–Kier alpha value is -0.550. The second-order valence-corrected chi connectivity index (χ2v) is 8.66. The third-order valence-corrected chi connectivity index (χ3v) is 6.73. The second-order valence-electron chi connectivity index (χ2n) is 8.66. The van der Waals surface area contributed by atoms with Crippen molar-refractivity contribution in [3.8, 4) is 6.07 Å². The molecule has 2 heteroatoms. The van der Waals surface area contributed by atoms with E-state index in [1.807, 2.05) is 0 Å². The minimum atomic E-state index is -0.452. The molecule has 0 amide bonds. The van der Waals surface area contributed by atoms with Crippen molar-refractivity contribution in [1.82, 2.24) is 0 Å². The van der Waals surface area contributed by atoms with Crippen molar-refractivity contribution in [2.45, 2.75) is 122 Å². The molecule has 2 rings (SSSR count). The van der Waals surface area contributed by atoms with E-state index in [0.717, 1.165) is 37.7 Å². The van der Waals surface area contributed by atoms with Crippen molar-refractivity contribution >= 4 is 0 Å². The first-order valence-electron chi connectivity index (χ1n) is 11.3. The van der Waals surface area contributed by atoms with Gasteiger partial charge in [-0.3, -0.25) is 0 Å². The molecule has 25 heavy (non-hydrogen) atoms. The molecule has 0 bridgehead atoms. The minimum absolute atomic E-state index is 0.452. The standard InChI is InChI=1S/C23H41NO/c1-2-3-4-5-6-7-8-12-19-25-23(20-24)17-15-22(16-18-23)21-13-10-9-11-14-21/h21-22H,2-19H2,1H3/t22-,23-. The number of nitriles is 1. The fraction of sp³-hybridized carbons (Fsp3) is 0.957. The molecule has 0 saturated heterocycles. The van der Waals surface area contributed by atoms with Crippen molar-refractivity contribution < 1.29 is 4.74 Å². The highest BCUT2D eigenvalue weighted by molar-refractivity contribution is 5.05. The molecule has 0 spiro atoms. The predicted molar refractivity (Wildman–Crippen MR) is 105 cm³/mol. The normalized spacial score (nSPS) is 27.9. The van der Waals surface area contributed by atoms with Crippen LogP contribution >= 0.6 is 0 Å². The minimum Gasteiger partial charge on any atom is -0.360 e. The molecule has 0 aliphatic heterocycles. The van der Waals surface area contributed by atoms with Crippen LogP contribution in [-0.2, 0) is 4.74 Å². The highest BCUT2D eigenvalue weighted by atomic mass is 16.5. The van der Waals surface area contributed by atoms with Gasteiger partial charge in [-0.15, -0.1) is 0 Å². The van der Waals surface area contributed by atoms with E-state index in [-0.39, 0.29) is 0 Å². The molecule has 2 aliphatic carbocycles. The maximum Gasteiger partial charge on any atom is 0.154 e. The van der Waals surface area contributed by atoms with Crippen LogP contribution < -0.4 is 0 Å². The predicted octanol–water partition coefficient (Wildman–Crippen LogP) is 7.18. The first-order valence-corrected chi connectivity index (χ1v) is 11.3. The first-order chi connectivity index (χ1) is 12.3. The molecule has 0 aromatic carbocycles. The van der Waals surface area contributed by atoms with Gasteiger partial charge in [0, 0.05) is 6.61 Å². The molecule has 0 radical (unpaired) electrons. The van der Waals surface area contributed by atoms with Gasteiger partial charge in [0.2, 0.25) is 0 Å². The average molecular weight is 348 g/mol. The Morgan fingerprint density at radius 2 is 1.36 bits per heavy atom. The van der Waals surface area contributed by atoms with Crippen LogP contribution in [0.15, 0.2) is 0 Å². The van der Waals surface area contributed by atoms with Gasteiger partial charge in [0.05, 0.1) is 6.07 Å². The molecule has 0 aromatic heterocycles. The summed E-state index contributed by atoms with van der Waals surface area (Å²) in [5.41, 5.74) is -0.452. The van der Waals surface area contributed by atoms with E-state index in [1.54, 1.807) is 0 Å². The lowest BCUT2D eigenvalue weighted by atomic mass is 9.70. The van der Waals surface area contributed by atoms with Crippen molar-refractivity contribution in [2.24, 2.45) is 11.8 Å². The summed E-state index contributed by atoms with van der Waals surface area (Å²) in [5, 5.41) is 9.69. The van der Waals surface area contributed by atoms with Crippen molar-refractivity contribution in [3.05, 3.63) is 0 Å². The van der Waals surface area contributed by atoms with Gasteiger partial charge in [0.15, 0.2) is 5.60 Å². The van der Waals surface area contributed by atoms with E-state index in [9.17, 15) is 5.26 Å². The Kier molecular flexibility index (Phi) is 9.92. The fourth-order valence-electron chi connectivity index (χ4n) is 4.98. The van der Waals surface area contributed by atoms with Gasteiger partial charge >= 0.3 is 0 Å². The summed E-state index contributed by atoms with van der Waals surface area (Å²) >= 11 is 0. The van der Waals surface area contributed by atoms with Gasteiger partial charge in [0.25, 0.3) is 0 Å². The van der Waals surface area contributed by atoms with Crippen molar-refractivity contribution in [1.29, 1.82) is 5.26 Å². The zero-order valence-corrected chi connectivity index (χ0v) is 16.7. The van der Waals surface area contributed by atoms with Gasteiger partial charge in [-0.1, -0.05) is 84.0 Å². The molecular formula is C23H41NO. The number of unbranched alkanes of at least 4 members (excludes halogenated alkanes) is 7. The zero-order chi connectivity index (χ0) is 17.8. The van der Waals surface area contributed by atoms with E-state index < -0.39 is 5.60 Å². The van der Waals surface area contributed by atoms with Crippen LogP contribution in [0.4, 0.5) is 0 Å². The Balaban J connectivity index is 1.56. The van der Waals surface area contributed by atoms with Gasteiger partial charge in [0.1, 0.15) is 0 Å². The van der Waals surface area contributed by atoms with Crippen molar-refractivity contribution in [3.63, 3.8) is 0 Å². The van der Waals surface area contributed by atoms with Crippen LogP contribution in [0.25, 0.3) is 0 Å². The Morgan fingerprint density at radius 3 is 1.96 bits per heavy atom. The molecule has 144 valence electrons. The Morgan fingerprint density at radius 1 is 0.800 bits per heavy atom. The van der Waals surface area contributed by atoms with E-state index >= 15 is 0 Å². The Labute approximate surface area is 156 Å². The van der Waals surface area contributed by atoms with Crippen LogP contribution in [0.3, 0.4) is 0 Å². The number of ether oxygens (including phenoxy) is 1. The van der Waals surface area contributed by atoms with Gasteiger partial charge in [-0.2, -0.15) is 5.26 Å². The van der Waals surface area contributed by atoms with Crippen LogP contribution in [-0.4, -0.2) is 12.2 Å². The molecule has 0 unspecified atom stereocenters. The van der Waals surface area contributed by atoms with E-state index in [0.29, 0.717) is 0 Å². The van der Waals surface area contributed by atoms with E-state index in [2.05, 4.69) is 13.0 Å². The molecule has 0 heterocycles. The number of nitrogens with zero attached hydrogens (tertiary/aromatic N) is 1. The smallest absolute Gasteiger partial charge is 0.154 e. The summed E-state index contributed by atoms with van der Waals surface area (Å²) in [5.74, 6) is 1.81. The molecule has 0 atom stereocenters. The summed E-state index contributed by atoms with van der Waals surface area (Å²) in [7, 11) is 0. The van der Waals surface area contributed by atoms with Gasteiger partial charge in [-0.25, -0.2) is 0 Å². The topological polar surface area (TPSA) is 33.0 Å². The highest BCUT2D eigenvalue weighted by Gasteiger charge is 2.38.